The number of carbonyl (C=O) groups excluding carboxylic acids is 2. The Kier molecular flexibility index (Phi) is 6.06. The van der Waals surface area contributed by atoms with E-state index in [0.29, 0.717) is 42.6 Å². The zero-order valence-electron chi connectivity index (χ0n) is 15.6. The number of aromatic nitrogens is 2. The Labute approximate surface area is 164 Å². The number of hydrogen-bond donors (Lipinski definition) is 0. The first-order chi connectivity index (χ1) is 13.0. The second-order valence-electron chi connectivity index (χ2n) is 6.80. The first kappa shape index (κ1) is 19.3. The predicted molar refractivity (Wildman–Crippen MR) is 105 cm³/mol. The van der Waals surface area contributed by atoms with Crippen molar-refractivity contribution in [2.75, 3.05) is 31.1 Å². The lowest BCUT2D eigenvalue weighted by Gasteiger charge is -2.35. The highest BCUT2D eigenvalue weighted by Gasteiger charge is 2.23. The van der Waals surface area contributed by atoms with E-state index in [-0.39, 0.29) is 24.5 Å². The lowest BCUT2D eigenvalue weighted by molar-refractivity contribution is -0.131. The number of carbonyl (C=O) groups is 2. The average molecular weight is 387 g/mol. The van der Waals surface area contributed by atoms with Crippen molar-refractivity contribution >= 4 is 29.1 Å². The van der Waals surface area contributed by atoms with Crippen LogP contribution in [0.1, 0.15) is 34.3 Å². The Morgan fingerprint density at radius 3 is 2.56 bits per heavy atom. The Morgan fingerprint density at radius 2 is 1.85 bits per heavy atom. The van der Waals surface area contributed by atoms with Gasteiger partial charge in [-0.15, -0.1) is 0 Å². The molecule has 0 spiro atoms. The van der Waals surface area contributed by atoms with Gasteiger partial charge in [-0.05, 0) is 25.5 Å². The average Bonchev–Trinajstić information content (AvgIpc) is 2.68. The molecule has 0 saturated carbocycles. The summed E-state index contributed by atoms with van der Waals surface area (Å²) in [5, 5.41) is 0.511. The van der Waals surface area contributed by atoms with Gasteiger partial charge < -0.3 is 9.80 Å². The topological polar surface area (TPSA) is 66.4 Å². The van der Waals surface area contributed by atoms with Crippen LogP contribution in [0.2, 0.25) is 5.02 Å². The zero-order chi connectivity index (χ0) is 19.4. The summed E-state index contributed by atoms with van der Waals surface area (Å²) in [6, 6.07) is 5.83. The van der Waals surface area contributed by atoms with Gasteiger partial charge in [-0.3, -0.25) is 9.59 Å². The number of benzene rings is 1. The molecule has 2 heterocycles. The molecule has 2 aromatic rings. The van der Waals surface area contributed by atoms with Crippen molar-refractivity contribution in [3.63, 3.8) is 0 Å². The number of aryl methyl sites for hydroxylation is 2. The second-order valence-corrected chi connectivity index (χ2v) is 7.21. The number of ketones is 1. The van der Waals surface area contributed by atoms with Crippen LogP contribution < -0.4 is 4.90 Å². The van der Waals surface area contributed by atoms with Crippen LogP contribution in [0.25, 0.3) is 0 Å². The highest BCUT2D eigenvalue weighted by Crippen LogP contribution is 2.22. The van der Waals surface area contributed by atoms with Crippen LogP contribution in [-0.2, 0) is 4.79 Å². The zero-order valence-corrected chi connectivity index (χ0v) is 16.4. The molecule has 1 aliphatic heterocycles. The number of anilines is 1. The quantitative estimate of drug-likeness (QED) is 0.739. The first-order valence-corrected chi connectivity index (χ1v) is 9.42. The lowest BCUT2D eigenvalue weighted by Crippen LogP contribution is -2.49. The van der Waals surface area contributed by atoms with Crippen LogP contribution in [0.15, 0.2) is 30.7 Å². The van der Waals surface area contributed by atoms with E-state index in [2.05, 4.69) is 14.9 Å². The fourth-order valence-corrected chi connectivity index (χ4v) is 3.48. The van der Waals surface area contributed by atoms with E-state index in [0.717, 1.165) is 11.1 Å². The van der Waals surface area contributed by atoms with Crippen LogP contribution >= 0.6 is 11.6 Å². The largest absolute Gasteiger partial charge is 0.352 e. The lowest BCUT2D eigenvalue weighted by atomic mass is 9.99. The van der Waals surface area contributed by atoms with Gasteiger partial charge in [0, 0.05) is 44.6 Å². The second kappa shape index (κ2) is 8.48. The number of Topliss-reactive ketones (excluding diaryl/α,β-unsaturated/α-hetero) is 1. The van der Waals surface area contributed by atoms with Gasteiger partial charge in [0.25, 0.3) is 0 Å². The van der Waals surface area contributed by atoms with Crippen molar-refractivity contribution in [2.45, 2.75) is 26.7 Å². The first-order valence-electron chi connectivity index (χ1n) is 9.04. The summed E-state index contributed by atoms with van der Waals surface area (Å²) in [4.78, 5) is 36.9. The number of rotatable bonds is 5. The number of hydrogen-bond acceptors (Lipinski definition) is 5. The van der Waals surface area contributed by atoms with Crippen LogP contribution in [0, 0.1) is 13.8 Å². The van der Waals surface area contributed by atoms with Gasteiger partial charge in [0.1, 0.15) is 11.3 Å². The Bertz CT molecular complexity index is 848. The van der Waals surface area contributed by atoms with Crippen molar-refractivity contribution in [3.05, 3.63) is 52.4 Å². The summed E-state index contributed by atoms with van der Waals surface area (Å²) < 4.78 is 0. The van der Waals surface area contributed by atoms with Gasteiger partial charge in [0.15, 0.2) is 11.6 Å². The summed E-state index contributed by atoms with van der Waals surface area (Å²) in [6.45, 7) is 6.39. The van der Waals surface area contributed by atoms with E-state index in [1.807, 2.05) is 36.9 Å². The van der Waals surface area contributed by atoms with E-state index in [9.17, 15) is 9.59 Å². The van der Waals surface area contributed by atoms with Crippen molar-refractivity contribution in [2.24, 2.45) is 0 Å². The molecule has 0 aliphatic carbocycles. The SMILES string of the molecule is Cc1ccc(C)c(C(=O)CCC(=O)N2CCN(c3ncncc3Cl)CC2)c1. The summed E-state index contributed by atoms with van der Waals surface area (Å²) in [6.07, 6.45) is 3.51. The van der Waals surface area contributed by atoms with Crippen LogP contribution in [0.3, 0.4) is 0 Å². The van der Waals surface area contributed by atoms with Crippen molar-refractivity contribution in [3.8, 4) is 0 Å². The molecular weight excluding hydrogens is 364 g/mol. The monoisotopic (exact) mass is 386 g/mol. The van der Waals surface area contributed by atoms with Crippen molar-refractivity contribution in [1.82, 2.24) is 14.9 Å². The molecule has 0 bridgehead atoms. The minimum absolute atomic E-state index is 0.0158. The number of nitrogens with zero attached hydrogens (tertiary/aromatic N) is 4. The fourth-order valence-electron chi connectivity index (χ4n) is 3.26. The molecule has 0 atom stereocenters. The Morgan fingerprint density at radius 1 is 1.11 bits per heavy atom. The highest BCUT2D eigenvalue weighted by atomic mass is 35.5. The smallest absolute Gasteiger partial charge is 0.223 e. The third-order valence-corrected chi connectivity index (χ3v) is 5.11. The van der Waals surface area contributed by atoms with Gasteiger partial charge in [-0.2, -0.15) is 0 Å². The maximum atomic E-state index is 12.5. The third kappa shape index (κ3) is 4.63. The predicted octanol–water partition coefficient (Wildman–Crippen LogP) is 3.06. The molecule has 1 aromatic carbocycles. The Hall–Kier alpha value is -2.47. The molecule has 0 N–H and O–H groups in total. The van der Waals surface area contributed by atoms with Gasteiger partial charge >= 0.3 is 0 Å². The van der Waals surface area contributed by atoms with Crippen molar-refractivity contribution in [1.29, 1.82) is 0 Å². The molecule has 0 radical (unpaired) electrons. The maximum Gasteiger partial charge on any atom is 0.223 e. The molecule has 1 fully saturated rings. The summed E-state index contributed by atoms with van der Waals surface area (Å²) >= 11 is 6.14. The van der Waals surface area contributed by atoms with Gasteiger partial charge in [-0.1, -0.05) is 29.3 Å². The highest BCUT2D eigenvalue weighted by molar-refractivity contribution is 6.32. The summed E-state index contributed by atoms with van der Waals surface area (Å²) in [7, 11) is 0. The van der Waals surface area contributed by atoms with E-state index in [4.69, 9.17) is 11.6 Å². The third-order valence-electron chi connectivity index (χ3n) is 4.84. The van der Waals surface area contributed by atoms with Crippen LogP contribution in [0.5, 0.6) is 0 Å². The van der Waals surface area contributed by atoms with Gasteiger partial charge in [0.2, 0.25) is 5.91 Å². The summed E-state index contributed by atoms with van der Waals surface area (Å²) in [5.74, 6) is 0.738. The normalized spacial score (nSPS) is 14.3. The van der Waals surface area contributed by atoms with E-state index >= 15 is 0 Å². The van der Waals surface area contributed by atoms with Crippen LogP contribution in [-0.4, -0.2) is 52.7 Å². The summed E-state index contributed by atoms with van der Waals surface area (Å²) in [5.41, 5.74) is 2.72. The minimum atomic E-state index is 0.0158. The number of piperazine rings is 1. The molecule has 142 valence electrons. The fraction of sp³-hybridized carbons (Fsp3) is 0.400. The molecule has 3 rings (SSSR count). The van der Waals surface area contributed by atoms with Gasteiger partial charge in [0.05, 0.1) is 6.20 Å². The molecule has 1 amide bonds. The number of halogens is 1. The van der Waals surface area contributed by atoms with Crippen LogP contribution in [0.4, 0.5) is 5.82 Å². The molecular formula is C20H23ClN4O2. The molecule has 27 heavy (non-hydrogen) atoms. The maximum absolute atomic E-state index is 12.5. The molecule has 1 aliphatic rings. The molecule has 6 nitrogen and oxygen atoms in total. The van der Waals surface area contributed by atoms with Gasteiger partial charge in [-0.25, -0.2) is 9.97 Å². The molecule has 0 unspecified atom stereocenters. The van der Waals surface area contributed by atoms with E-state index < -0.39 is 0 Å². The molecule has 7 heteroatoms. The minimum Gasteiger partial charge on any atom is -0.352 e. The molecule has 1 aromatic heterocycles. The molecule has 1 saturated heterocycles. The Balaban J connectivity index is 1.52. The van der Waals surface area contributed by atoms with Crippen molar-refractivity contribution < 1.29 is 9.59 Å². The number of amides is 1. The van der Waals surface area contributed by atoms with E-state index in [1.165, 1.54) is 6.33 Å². The standard InChI is InChI=1S/C20H23ClN4O2/c1-14-3-4-15(2)16(11-14)18(26)5-6-19(27)24-7-9-25(10-8-24)20-17(21)12-22-13-23-20/h3-4,11-13H,5-10H2,1-2H3. The van der Waals surface area contributed by atoms with E-state index in [1.54, 1.807) is 6.20 Å².